The van der Waals surface area contributed by atoms with Crippen LogP contribution < -0.4 is 0 Å². The minimum absolute atomic E-state index is 0.450. The van der Waals surface area contributed by atoms with Crippen molar-refractivity contribution in [1.82, 2.24) is 4.98 Å². The largest absolute Gasteiger partial charge is 0.298 e. The molecule has 0 radical (unpaired) electrons. The van der Waals surface area contributed by atoms with Gasteiger partial charge in [0.2, 0.25) is 0 Å². The number of carbonyl (C=O) groups is 1. The molecule has 0 unspecified atom stereocenters. The summed E-state index contributed by atoms with van der Waals surface area (Å²) in [7, 11) is 0. The Morgan fingerprint density at radius 2 is 2.18 bits per heavy atom. The van der Waals surface area contributed by atoms with Gasteiger partial charge in [0.1, 0.15) is 0 Å². The van der Waals surface area contributed by atoms with Crippen LogP contribution in [-0.4, -0.2) is 11.3 Å². The number of aldehydes is 1. The van der Waals surface area contributed by atoms with Crippen molar-refractivity contribution in [1.29, 1.82) is 5.26 Å². The lowest BCUT2D eigenvalue weighted by atomic mass is 10.1. The lowest BCUT2D eigenvalue weighted by molar-refractivity contribution is 0.112. The molecule has 4 heteroatoms. The van der Waals surface area contributed by atoms with Gasteiger partial charge in [-0.15, -0.1) is 0 Å². The number of hydrogen-bond donors (Lipinski definition) is 0. The number of nitriles is 1. The van der Waals surface area contributed by atoms with Crippen molar-refractivity contribution in [2.75, 3.05) is 0 Å². The molecular weight excluding hydrogens is 236 g/mol. The summed E-state index contributed by atoms with van der Waals surface area (Å²) in [6, 6.07) is 8.85. The molecule has 17 heavy (non-hydrogen) atoms. The SMILES string of the molecule is N#C/C=C/c1nc2cc(Cl)ccc2cc1C=O. The molecule has 0 saturated heterocycles. The van der Waals surface area contributed by atoms with Crippen LogP contribution in [0.3, 0.4) is 0 Å². The number of fused-ring (bicyclic) bond motifs is 1. The molecule has 2 rings (SSSR count). The highest BCUT2D eigenvalue weighted by atomic mass is 35.5. The van der Waals surface area contributed by atoms with Crippen molar-refractivity contribution >= 4 is 34.9 Å². The topological polar surface area (TPSA) is 53.8 Å². The predicted molar refractivity (Wildman–Crippen MR) is 66.8 cm³/mol. The predicted octanol–water partition coefficient (Wildman–Crippen LogP) is 3.24. The fourth-order valence-corrected chi connectivity index (χ4v) is 1.68. The molecular formula is C13H7ClN2O. The van der Waals surface area contributed by atoms with E-state index in [-0.39, 0.29) is 0 Å². The van der Waals surface area contributed by atoms with Crippen LogP contribution >= 0.6 is 11.6 Å². The van der Waals surface area contributed by atoms with Crippen molar-refractivity contribution in [3.05, 3.63) is 46.6 Å². The number of allylic oxidation sites excluding steroid dienone is 1. The second-order valence-corrected chi connectivity index (χ2v) is 3.82. The van der Waals surface area contributed by atoms with Crippen molar-refractivity contribution < 1.29 is 4.79 Å². The molecule has 0 N–H and O–H groups in total. The van der Waals surface area contributed by atoms with Gasteiger partial charge in [0, 0.05) is 22.0 Å². The molecule has 1 aromatic heterocycles. The van der Waals surface area contributed by atoms with Gasteiger partial charge >= 0.3 is 0 Å². The molecule has 0 amide bonds. The molecule has 0 aliphatic carbocycles. The summed E-state index contributed by atoms with van der Waals surface area (Å²) in [4.78, 5) is 15.2. The average molecular weight is 243 g/mol. The number of halogens is 1. The Morgan fingerprint density at radius 1 is 1.35 bits per heavy atom. The van der Waals surface area contributed by atoms with Crippen molar-refractivity contribution in [3.63, 3.8) is 0 Å². The van der Waals surface area contributed by atoms with Crippen LogP contribution in [0.5, 0.6) is 0 Å². The summed E-state index contributed by atoms with van der Waals surface area (Å²) < 4.78 is 0. The minimum Gasteiger partial charge on any atom is -0.298 e. The number of nitrogens with zero attached hydrogens (tertiary/aromatic N) is 2. The quantitative estimate of drug-likeness (QED) is 0.600. The summed E-state index contributed by atoms with van der Waals surface area (Å²) in [5, 5.41) is 9.90. The van der Waals surface area contributed by atoms with Gasteiger partial charge in [-0.1, -0.05) is 17.7 Å². The van der Waals surface area contributed by atoms with E-state index in [1.54, 1.807) is 24.3 Å². The third-order valence-electron chi connectivity index (χ3n) is 2.28. The van der Waals surface area contributed by atoms with Crippen LogP contribution in [0, 0.1) is 11.3 Å². The smallest absolute Gasteiger partial charge is 0.152 e. The molecule has 0 saturated carbocycles. The Balaban J connectivity index is 2.70. The number of rotatable bonds is 2. The van der Waals surface area contributed by atoms with Gasteiger partial charge in [0.15, 0.2) is 6.29 Å². The van der Waals surface area contributed by atoms with Gasteiger partial charge in [-0.2, -0.15) is 5.26 Å². The highest BCUT2D eigenvalue weighted by Gasteiger charge is 2.04. The zero-order chi connectivity index (χ0) is 12.3. The molecule has 0 atom stereocenters. The third-order valence-corrected chi connectivity index (χ3v) is 2.52. The first kappa shape index (κ1) is 11.3. The maximum atomic E-state index is 10.9. The van der Waals surface area contributed by atoms with E-state index in [1.807, 2.05) is 6.07 Å². The fourth-order valence-electron chi connectivity index (χ4n) is 1.52. The van der Waals surface area contributed by atoms with E-state index in [0.29, 0.717) is 21.8 Å². The molecule has 1 heterocycles. The molecule has 3 nitrogen and oxygen atoms in total. The Kier molecular flexibility index (Phi) is 3.17. The van der Waals surface area contributed by atoms with Gasteiger partial charge in [0.05, 0.1) is 17.3 Å². The lowest BCUT2D eigenvalue weighted by Gasteiger charge is -2.02. The van der Waals surface area contributed by atoms with E-state index < -0.39 is 0 Å². The van der Waals surface area contributed by atoms with Crippen LogP contribution in [0.4, 0.5) is 0 Å². The second-order valence-electron chi connectivity index (χ2n) is 3.38. The average Bonchev–Trinajstić information content (AvgIpc) is 2.35. The van der Waals surface area contributed by atoms with E-state index in [0.717, 1.165) is 11.7 Å². The summed E-state index contributed by atoms with van der Waals surface area (Å²) in [6.45, 7) is 0. The first-order valence-corrected chi connectivity index (χ1v) is 5.24. The van der Waals surface area contributed by atoms with Crippen molar-refractivity contribution in [2.24, 2.45) is 0 Å². The van der Waals surface area contributed by atoms with E-state index in [1.165, 1.54) is 12.2 Å². The van der Waals surface area contributed by atoms with Crippen LogP contribution in [-0.2, 0) is 0 Å². The zero-order valence-corrected chi connectivity index (χ0v) is 9.48. The Morgan fingerprint density at radius 3 is 2.88 bits per heavy atom. The van der Waals surface area contributed by atoms with Crippen molar-refractivity contribution in [2.45, 2.75) is 0 Å². The standard InChI is InChI=1S/C13H7ClN2O/c14-11-4-3-9-6-10(8-17)12(2-1-5-15)16-13(9)7-11/h1-4,6-8H/b2-1+. The number of pyridine rings is 1. The van der Waals surface area contributed by atoms with E-state index in [4.69, 9.17) is 16.9 Å². The molecule has 0 aliphatic rings. The number of benzene rings is 1. The van der Waals surface area contributed by atoms with Gasteiger partial charge in [0.25, 0.3) is 0 Å². The highest BCUT2D eigenvalue weighted by molar-refractivity contribution is 6.31. The number of aromatic nitrogens is 1. The zero-order valence-electron chi connectivity index (χ0n) is 8.72. The summed E-state index contributed by atoms with van der Waals surface area (Å²) in [5.74, 6) is 0. The molecule has 82 valence electrons. The van der Waals surface area contributed by atoms with Crippen LogP contribution in [0.1, 0.15) is 16.1 Å². The molecule has 0 bridgehead atoms. The Hall–Kier alpha value is -2.18. The minimum atomic E-state index is 0.450. The Bertz CT molecular complexity index is 656. The third kappa shape index (κ3) is 2.32. The number of hydrogen-bond acceptors (Lipinski definition) is 3. The Labute approximate surface area is 103 Å². The lowest BCUT2D eigenvalue weighted by Crippen LogP contribution is -1.92. The van der Waals surface area contributed by atoms with Gasteiger partial charge in [-0.3, -0.25) is 4.79 Å². The first-order valence-electron chi connectivity index (χ1n) is 4.86. The van der Waals surface area contributed by atoms with Crippen LogP contribution in [0.25, 0.3) is 17.0 Å². The maximum Gasteiger partial charge on any atom is 0.152 e. The van der Waals surface area contributed by atoms with Crippen LogP contribution in [0.2, 0.25) is 5.02 Å². The molecule has 0 aliphatic heterocycles. The molecule has 0 fully saturated rings. The van der Waals surface area contributed by atoms with Gasteiger partial charge in [-0.05, 0) is 24.3 Å². The number of carbonyl (C=O) groups excluding carboxylic acids is 1. The van der Waals surface area contributed by atoms with E-state index in [9.17, 15) is 4.79 Å². The maximum absolute atomic E-state index is 10.9. The summed E-state index contributed by atoms with van der Waals surface area (Å²) in [5.41, 5.74) is 1.61. The molecule has 1 aromatic carbocycles. The van der Waals surface area contributed by atoms with E-state index in [2.05, 4.69) is 4.98 Å². The summed E-state index contributed by atoms with van der Waals surface area (Å²) >= 11 is 5.87. The van der Waals surface area contributed by atoms with Gasteiger partial charge in [-0.25, -0.2) is 4.98 Å². The molecule has 0 spiro atoms. The first-order chi connectivity index (χ1) is 8.24. The second kappa shape index (κ2) is 4.77. The van der Waals surface area contributed by atoms with E-state index >= 15 is 0 Å². The molecule has 2 aromatic rings. The van der Waals surface area contributed by atoms with Crippen molar-refractivity contribution in [3.8, 4) is 6.07 Å². The fraction of sp³-hybridized carbons (Fsp3) is 0. The van der Waals surface area contributed by atoms with Crippen LogP contribution in [0.15, 0.2) is 30.3 Å². The normalized spacial score (nSPS) is 10.6. The summed E-state index contributed by atoms with van der Waals surface area (Å²) in [6.07, 6.45) is 3.51. The highest BCUT2D eigenvalue weighted by Crippen LogP contribution is 2.20. The van der Waals surface area contributed by atoms with Gasteiger partial charge < -0.3 is 0 Å². The monoisotopic (exact) mass is 242 g/mol.